The van der Waals surface area contributed by atoms with Crippen molar-refractivity contribution in [3.05, 3.63) is 81.4 Å². The Morgan fingerprint density at radius 3 is 2.33 bits per heavy atom. The molecule has 0 saturated carbocycles. The van der Waals surface area contributed by atoms with Crippen molar-refractivity contribution in [1.29, 1.82) is 0 Å². The number of aromatic amines is 1. The molecule has 3 rings (SSSR count). The first-order valence-corrected chi connectivity index (χ1v) is 8.03. The summed E-state index contributed by atoms with van der Waals surface area (Å²) in [6, 6.07) is 11.1. The Balaban J connectivity index is 1.95. The minimum absolute atomic E-state index is 0.253. The number of H-pyrrole nitrogens is 1. The van der Waals surface area contributed by atoms with Gasteiger partial charge in [-0.25, -0.2) is 9.18 Å². The Morgan fingerprint density at radius 2 is 1.67 bits per heavy atom. The predicted octanol–water partition coefficient (Wildman–Crippen LogP) is 2.48. The van der Waals surface area contributed by atoms with Crippen LogP contribution in [0.4, 0.5) is 4.39 Å². The van der Waals surface area contributed by atoms with E-state index in [9.17, 15) is 23.6 Å². The summed E-state index contributed by atoms with van der Waals surface area (Å²) in [6.45, 7) is 0. The van der Waals surface area contributed by atoms with Crippen LogP contribution in [0.2, 0.25) is 0 Å². The molecule has 27 heavy (non-hydrogen) atoms. The van der Waals surface area contributed by atoms with E-state index in [4.69, 9.17) is 5.11 Å². The number of rotatable bonds is 6. The molecule has 1 heterocycles. The highest BCUT2D eigenvalue weighted by atomic mass is 19.1. The highest BCUT2D eigenvalue weighted by Crippen LogP contribution is 2.16. The molecule has 0 bridgehead atoms. The zero-order valence-electron chi connectivity index (χ0n) is 14.0. The fourth-order valence-corrected chi connectivity index (χ4v) is 2.74. The number of fused-ring (bicyclic) bond motifs is 1. The molecule has 3 aromatic rings. The molecule has 0 aliphatic heterocycles. The minimum Gasteiger partial charge on any atom is -0.475 e. The largest absolute Gasteiger partial charge is 0.475 e. The smallest absolute Gasteiger partial charge is 0.372 e. The molecule has 0 aliphatic rings. The van der Waals surface area contributed by atoms with E-state index in [0.717, 1.165) is 11.1 Å². The molecular formula is C20H14FNO5. The molecule has 6 nitrogen and oxygen atoms in total. The van der Waals surface area contributed by atoms with Crippen molar-refractivity contribution in [3.63, 3.8) is 0 Å². The summed E-state index contributed by atoms with van der Waals surface area (Å²) < 4.78 is 13.0. The Labute approximate surface area is 152 Å². The Bertz CT molecular complexity index is 1120. The van der Waals surface area contributed by atoms with Gasteiger partial charge in [0.1, 0.15) is 5.82 Å². The molecule has 2 aromatic carbocycles. The summed E-state index contributed by atoms with van der Waals surface area (Å²) in [7, 11) is 0. The molecule has 0 unspecified atom stereocenters. The molecule has 0 amide bonds. The number of aromatic nitrogens is 1. The van der Waals surface area contributed by atoms with Crippen molar-refractivity contribution in [2.75, 3.05) is 0 Å². The number of pyridine rings is 1. The Hall–Kier alpha value is -3.61. The van der Waals surface area contributed by atoms with Crippen LogP contribution in [0, 0.1) is 5.82 Å². The molecule has 0 spiro atoms. The van der Waals surface area contributed by atoms with E-state index in [0.29, 0.717) is 11.9 Å². The van der Waals surface area contributed by atoms with Crippen LogP contribution in [0.5, 0.6) is 0 Å². The number of ketones is 2. The third-order valence-corrected chi connectivity index (χ3v) is 4.13. The van der Waals surface area contributed by atoms with Gasteiger partial charge in [-0.2, -0.15) is 0 Å². The first-order chi connectivity index (χ1) is 12.8. The number of benzene rings is 2. The van der Waals surface area contributed by atoms with Crippen molar-refractivity contribution >= 4 is 28.4 Å². The van der Waals surface area contributed by atoms with Gasteiger partial charge < -0.3 is 10.1 Å². The number of carboxylic acids is 1. The Morgan fingerprint density at radius 1 is 1.00 bits per heavy atom. The number of carbonyl (C=O) groups excluding carboxylic acids is 2. The highest BCUT2D eigenvalue weighted by molar-refractivity contribution is 6.37. The number of halogens is 1. The summed E-state index contributed by atoms with van der Waals surface area (Å²) >= 11 is 0. The van der Waals surface area contributed by atoms with E-state index in [2.05, 4.69) is 4.98 Å². The van der Waals surface area contributed by atoms with Gasteiger partial charge >= 0.3 is 5.97 Å². The van der Waals surface area contributed by atoms with Gasteiger partial charge in [-0.1, -0.05) is 18.2 Å². The van der Waals surface area contributed by atoms with E-state index in [1.165, 1.54) is 18.3 Å². The second-order valence-corrected chi connectivity index (χ2v) is 6.04. The van der Waals surface area contributed by atoms with Crippen molar-refractivity contribution in [2.24, 2.45) is 0 Å². The summed E-state index contributed by atoms with van der Waals surface area (Å²) in [6.07, 6.45) is 0.770. The summed E-state index contributed by atoms with van der Waals surface area (Å²) in [4.78, 5) is 49.3. The SMILES string of the molecule is O=C(O)C(=O)CC(=O)c1c[nH]c2ccc(Cc3ccc(F)cc3)cc2c1=O. The second-order valence-electron chi connectivity index (χ2n) is 6.04. The van der Waals surface area contributed by atoms with Crippen molar-refractivity contribution in [1.82, 2.24) is 4.98 Å². The van der Waals surface area contributed by atoms with Crippen molar-refractivity contribution in [3.8, 4) is 0 Å². The molecule has 2 N–H and O–H groups in total. The summed E-state index contributed by atoms with van der Waals surface area (Å²) in [5.41, 5.74) is 1.30. The van der Waals surface area contributed by atoms with Gasteiger partial charge in [0, 0.05) is 17.1 Å². The van der Waals surface area contributed by atoms with Crippen molar-refractivity contribution < 1.29 is 23.9 Å². The molecule has 7 heteroatoms. The van der Waals surface area contributed by atoms with Gasteiger partial charge in [0.2, 0.25) is 5.78 Å². The maximum atomic E-state index is 13.0. The van der Waals surface area contributed by atoms with Crippen molar-refractivity contribution in [2.45, 2.75) is 12.8 Å². The average molecular weight is 367 g/mol. The molecule has 0 saturated heterocycles. The van der Waals surface area contributed by atoms with E-state index in [1.54, 1.807) is 30.3 Å². The van der Waals surface area contributed by atoms with Crippen LogP contribution in [0.25, 0.3) is 10.9 Å². The molecule has 1 aromatic heterocycles. The predicted molar refractivity (Wildman–Crippen MR) is 95.4 cm³/mol. The third kappa shape index (κ3) is 3.98. The lowest BCUT2D eigenvalue weighted by Gasteiger charge is -2.06. The normalized spacial score (nSPS) is 10.7. The first kappa shape index (κ1) is 18.2. The van der Waals surface area contributed by atoms with Gasteiger partial charge in [-0.15, -0.1) is 0 Å². The van der Waals surface area contributed by atoms with Gasteiger partial charge in [0.05, 0.1) is 12.0 Å². The van der Waals surface area contributed by atoms with Gasteiger partial charge in [0.25, 0.3) is 0 Å². The van der Waals surface area contributed by atoms with Crippen LogP contribution < -0.4 is 5.43 Å². The Kier molecular flexibility index (Phi) is 4.94. The summed E-state index contributed by atoms with van der Waals surface area (Å²) in [5.74, 6) is -4.19. The zero-order chi connectivity index (χ0) is 19.6. The van der Waals surface area contributed by atoms with E-state index < -0.39 is 29.4 Å². The average Bonchev–Trinajstić information content (AvgIpc) is 2.64. The molecule has 0 fully saturated rings. The third-order valence-electron chi connectivity index (χ3n) is 4.13. The number of nitrogens with one attached hydrogen (secondary N) is 1. The van der Waals surface area contributed by atoms with Crippen LogP contribution in [-0.2, 0) is 16.0 Å². The number of carbonyl (C=O) groups is 3. The lowest BCUT2D eigenvalue weighted by atomic mass is 10.0. The number of Topliss-reactive ketones (excluding diaryl/α,β-unsaturated/α-hetero) is 2. The molecular weight excluding hydrogens is 353 g/mol. The molecule has 0 aliphatic carbocycles. The van der Waals surface area contributed by atoms with E-state index in [1.807, 2.05) is 0 Å². The number of aliphatic carboxylic acids is 1. The number of carboxylic acid groups (broad SMARTS) is 1. The molecule has 136 valence electrons. The quantitative estimate of drug-likeness (QED) is 0.396. The standard InChI is InChI=1S/C20H14FNO5/c21-13-4-1-11(2-5-13)7-12-3-6-16-14(8-12)19(25)15(10-22-16)17(23)9-18(24)20(26)27/h1-6,8,10H,7,9H2,(H,22,25)(H,26,27). The number of hydrogen-bond donors (Lipinski definition) is 2. The van der Waals surface area contributed by atoms with Crippen LogP contribution in [0.1, 0.15) is 27.9 Å². The monoisotopic (exact) mass is 367 g/mol. The van der Waals surface area contributed by atoms with Crippen LogP contribution in [-0.4, -0.2) is 27.6 Å². The second kappa shape index (κ2) is 7.33. The zero-order valence-corrected chi connectivity index (χ0v) is 14.0. The van der Waals surface area contributed by atoms with E-state index >= 15 is 0 Å². The fourth-order valence-electron chi connectivity index (χ4n) is 2.74. The van der Waals surface area contributed by atoms with E-state index in [-0.39, 0.29) is 16.8 Å². The van der Waals surface area contributed by atoms with Gasteiger partial charge in [0.15, 0.2) is 11.2 Å². The van der Waals surface area contributed by atoms with Gasteiger partial charge in [-0.3, -0.25) is 14.4 Å². The van der Waals surface area contributed by atoms with Crippen LogP contribution >= 0.6 is 0 Å². The highest BCUT2D eigenvalue weighted by Gasteiger charge is 2.20. The number of hydrogen-bond acceptors (Lipinski definition) is 4. The van der Waals surface area contributed by atoms with Crippen LogP contribution in [0.3, 0.4) is 0 Å². The lowest BCUT2D eigenvalue weighted by molar-refractivity contribution is -0.148. The van der Waals surface area contributed by atoms with Crippen LogP contribution in [0.15, 0.2) is 53.5 Å². The fraction of sp³-hybridized carbons (Fsp3) is 0.100. The topological polar surface area (TPSA) is 104 Å². The molecule has 0 radical (unpaired) electrons. The minimum atomic E-state index is -1.72. The molecule has 0 atom stereocenters. The summed E-state index contributed by atoms with van der Waals surface area (Å²) in [5, 5.41) is 8.85. The lowest BCUT2D eigenvalue weighted by Crippen LogP contribution is -2.22. The maximum Gasteiger partial charge on any atom is 0.372 e. The first-order valence-electron chi connectivity index (χ1n) is 8.03. The maximum absolute atomic E-state index is 13.0. The van der Waals surface area contributed by atoms with Gasteiger partial charge in [-0.05, 0) is 41.8 Å².